The van der Waals surface area contributed by atoms with Crippen molar-refractivity contribution in [3.8, 4) is 0 Å². The SMILES string of the molecule is CCS(=O)(=O)N1CCCN(C(=O)c2c(C)n(C)c3ccccc23)CC1. The fourth-order valence-corrected chi connectivity index (χ4v) is 4.64. The predicted octanol–water partition coefficient (Wildman–Crippen LogP) is 1.98. The second-order valence-corrected chi connectivity index (χ2v) is 8.74. The van der Waals surface area contributed by atoms with Crippen molar-refractivity contribution in [2.75, 3.05) is 31.9 Å². The molecule has 136 valence electrons. The largest absolute Gasteiger partial charge is 0.347 e. The Morgan fingerprint density at radius 3 is 2.56 bits per heavy atom. The van der Waals surface area contributed by atoms with Crippen molar-refractivity contribution in [2.45, 2.75) is 20.3 Å². The molecule has 0 aliphatic carbocycles. The van der Waals surface area contributed by atoms with Gasteiger partial charge in [0.25, 0.3) is 5.91 Å². The van der Waals surface area contributed by atoms with Crippen LogP contribution in [-0.4, -0.2) is 60.0 Å². The van der Waals surface area contributed by atoms with E-state index >= 15 is 0 Å². The first-order valence-corrected chi connectivity index (χ1v) is 10.3. The van der Waals surface area contributed by atoms with Crippen molar-refractivity contribution < 1.29 is 13.2 Å². The molecule has 0 radical (unpaired) electrons. The maximum absolute atomic E-state index is 13.2. The Morgan fingerprint density at radius 2 is 1.84 bits per heavy atom. The molecule has 3 rings (SSSR count). The summed E-state index contributed by atoms with van der Waals surface area (Å²) in [5.41, 5.74) is 2.70. The molecule has 0 N–H and O–H groups in total. The van der Waals surface area contributed by atoms with E-state index in [4.69, 9.17) is 0 Å². The van der Waals surface area contributed by atoms with Gasteiger partial charge in [0, 0.05) is 49.8 Å². The van der Waals surface area contributed by atoms with E-state index in [9.17, 15) is 13.2 Å². The lowest BCUT2D eigenvalue weighted by atomic mass is 10.1. The highest BCUT2D eigenvalue weighted by molar-refractivity contribution is 7.89. The number of benzene rings is 1. The lowest BCUT2D eigenvalue weighted by molar-refractivity contribution is 0.0765. The van der Waals surface area contributed by atoms with Gasteiger partial charge >= 0.3 is 0 Å². The Bertz CT molecular complexity index is 902. The Balaban J connectivity index is 1.89. The van der Waals surface area contributed by atoms with Gasteiger partial charge in [-0.05, 0) is 26.3 Å². The Hall–Kier alpha value is -1.86. The van der Waals surface area contributed by atoms with Gasteiger partial charge in [-0.3, -0.25) is 4.79 Å². The number of rotatable bonds is 3. The number of para-hydroxylation sites is 1. The van der Waals surface area contributed by atoms with Crippen molar-refractivity contribution >= 4 is 26.8 Å². The van der Waals surface area contributed by atoms with Crippen LogP contribution in [0.3, 0.4) is 0 Å². The molecular formula is C18H25N3O3S. The fourth-order valence-electron chi connectivity index (χ4n) is 3.51. The molecule has 0 unspecified atom stereocenters. The fraction of sp³-hybridized carbons (Fsp3) is 0.500. The Labute approximate surface area is 149 Å². The number of nitrogens with zero attached hydrogens (tertiary/aromatic N) is 3. The molecule has 2 aromatic rings. The van der Waals surface area contributed by atoms with Crippen LogP contribution in [0, 0.1) is 6.92 Å². The smallest absolute Gasteiger partial charge is 0.256 e. The topological polar surface area (TPSA) is 62.6 Å². The molecule has 1 fully saturated rings. The molecule has 0 spiro atoms. The summed E-state index contributed by atoms with van der Waals surface area (Å²) in [5.74, 6) is 0.0914. The molecule has 0 saturated carbocycles. The van der Waals surface area contributed by atoms with Gasteiger partial charge in [0.15, 0.2) is 0 Å². The minimum atomic E-state index is -3.21. The summed E-state index contributed by atoms with van der Waals surface area (Å²) in [7, 11) is -1.24. The van der Waals surface area contributed by atoms with Crippen LogP contribution in [0.15, 0.2) is 24.3 Å². The molecule has 25 heavy (non-hydrogen) atoms. The van der Waals surface area contributed by atoms with Crippen LogP contribution in [-0.2, 0) is 17.1 Å². The zero-order valence-electron chi connectivity index (χ0n) is 15.0. The van der Waals surface area contributed by atoms with E-state index in [1.165, 1.54) is 4.31 Å². The number of amides is 1. The first kappa shape index (κ1) is 17.9. The van der Waals surface area contributed by atoms with Crippen molar-refractivity contribution in [3.63, 3.8) is 0 Å². The summed E-state index contributed by atoms with van der Waals surface area (Å²) in [6.45, 7) is 5.47. The average molecular weight is 363 g/mol. The van der Waals surface area contributed by atoms with Crippen molar-refractivity contribution in [2.24, 2.45) is 7.05 Å². The van der Waals surface area contributed by atoms with E-state index < -0.39 is 10.0 Å². The van der Waals surface area contributed by atoms with Gasteiger partial charge in [0.05, 0.1) is 11.3 Å². The third-order valence-electron chi connectivity index (χ3n) is 5.11. The highest BCUT2D eigenvalue weighted by atomic mass is 32.2. The van der Waals surface area contributed by atoms with Crippen molar-refractivity contribution in [1.29, 1.82) is 0 Å². The van der Waals surface area contributed by atoms with Gasteiger partial charge in [-0.2, -0.15) is 0 Å². The zero-order chi connectivity index (χ0) is 18.2. The van der Waals surface area contributed by atoms with Crippen molar-refractivity contribution in [1.82, 2.24) is 13.8 Å². The second-order valence-electron chi connectivity index (χ2n) is 6.48. The van der Waals surface area contributed by atoms with Crippen LogP contribution in [0.1, 0.15) is 29.4 Å². The summed E-state index contributed by atoms with van der Waals surface area (Å²) >= 11 is 0. The maximum Gasteiger partial charge on any atom is 0.256 e. The summed E-state index contributed by atoms with van der Waals surface area (Å²) in [6.07, 6.45) is 0.661. The highest BCUT2D eigenvalue weighted by Gasteiger charge is 2.28. The normalized spacial score (nSPS) is 17.0. The minimum absolute atomic E-state index is 0.00922. The molecule has 1 aliphatic heterocycles. The first-order valence-electron chi connectivity index (χ1n) is 8.68. The van der Waals surface area contributed by atoms with Gasteiger partial charge in [-0.15, -0.1) is 0 Å². The van der Waals surface area contributed by atoms with Gasteiger partial charge < -0.3 is 9.47 Å². The van der Waals surface area contributed by atoms with Crippen LogP contribution < -0.4 is 0 Å². The van der Waals surface area contributed by atoms with Crippen molar-refractivity contribution in [3.05, 3.63) is 35.5 Å². The van der Waals surface area contributed by atoms with Gasteiger partial charge in [-0.25, -0.2) is 12.7 Å². The zero-order valence-corrected chi connectivity index (χ0v) is 15.8. The molecule has 1 saturated heterocycles. The molecule has 2 heterocycles. The summed E-state index contributed by atoms with van der Waals surface area (Å²) in [5, 5.41) is 0.954. The summed E-state index contributed by atoms with van der Waals surface area (Å²) < 4.78 is 27.8. The molecule has 0 bridgehead atoms. The third kappa shape index (κ3) is 3.18. The Kier molecular flexibility index (Phi) is 4.88. The number of hydrogen-bond acceptors (Lipinski definition) is 3. The predicted molar refractivity (Wildman–Crippen MR) is 99.2 cm³/mol. The van der Waals surface area contributed by atoms with E-state index in [0.29, 0.717) is 32.6 Å². The van der Waals surface area contributed by atoms with E-state index in [0.717, 1.165) is 22.2 Å². The number of sulfonamides is 1. The molecule has 0 atom stereocenters. The van der Waals surface area contributed by atoms with E-state index in [1.807, 2.05) is 42.8 Å². The van der Waals surface area contributed by atoms with Crippen LogP contribution >= 0.6 is 0 Å². The van der Waals surface area contributed by atoms with E-state index in [1.54, 1.807) is 11.8 Å². The van der Waals surface area contributed by atoms with Gasteiger partial charge in [0.1, 0.15) is 0 Å². The first-order chi connectivity index (χ1) is 11.9. The Morgan fingerprint density at radius 1 is 1.12 bits per heavy atom. The van der Waals surface area contributed by atoms with Gasteiger partial charge in [0.2, 0.25) is 10.0 Å². The third-order valence-corrected chi connectivity index (χ3v) is 7.00. The number of aryl methyl sites for hydroxylation is 1. The number of carbonyl (C=O) groups is 1. The van der Waals surface area contributed by atoms with Crippen LogP contribution in [0.2, 0.25) is 0 Å². The molecule has 7 heteroatoms. The monoisotopic (exact) mass is 363 g/mol. The number of hydrogen-bond donors (Lipinski definition) is 0. The molecular weight excluding hydrogens is 338 g/mol. The number of fused-ring (bicyclic) bond motifs is 1. The minimum Gasteiger partial charge on any atom is -0.347 e. The molecule has 1 aromatic carbocycles. The summed E-state index contributed by atoms with van der Waals surface area (Å²) in [4.78, 5) is 15.0. The van der Waals surface area contributed by atoms with E-state index in [-0.39, 0.29) is 11.7 Å². The maximum atomic E-state index is 13.2. The van der Waals surface area contributed by atoms with Crippen LogP contribution in [0.5, 0.6) is 0 Å². The number of carbonyl (C=O) groups excluding carboxylic acids is 1. The lowest BCUT2D eigenvalue weighted by Crippen LogP contribution is -2.38. The lowest BCUT2D eigenvalue weighted by Gasteiger charge is -2.22. The van der Waals surface area contributed by atoms with Crippen LogP contribution in [0.25, 0.3) is 10.9 Å². The van der Waals surface area contributed by atoms with Gasteiger partial charge in [-0.1, -0.05) is 18.2 Å². The van der Waals surface area contributed by atoms with Crippen LogP contribution in [0.4, 0.5) is 0 Å². The standard InChI is InChI=1S/C18H25N3O3S/c1-4-25(23,24)21-11-7-10-20(12-13-21)18(22)17-14(2)19(3)16-9-6-5-8-15(16)17/h5-6,8-9H,4,7,10-13H2,1-3H3. The highest BCUT2D eigenvalue weighted by Crippen LogP contribution is 2.26. The summed E-state index contributed by atoms with van der Waals surface area (Å²) in [6, 6.07) is 7.89. The molecule has 1 aliphatic rings. The quantitative estimate of drug-likeness (QED) is 0.838. The number of aromatic nitrogens is 1. The molecule has 1 aromatic heterocycles. The van der Waals surface area contributed by atoms with E-state index in [2.05, 4.69) is 0 Å². The average Bonchev–Trinajstić information content (AvgIpc) is 2.78. The molecule has 1 amide bonds. The molecule has 6 nitrogen and oxygen atoms in total. The second kappa shape index (κ2) is 6.80.